The average molecular weight is 248 g/mol. The molecule has 6 heteroatoms. The van der Waals surface area contributed by atoms with Crippen molar-refractivity contribution in [2.24, 2.45) is 0 Å². The molecule has 2 N–H and O–H groups in total. The molecule has 0 amide bonds. The second kappa shape index (κ2) is 6.37. The molecule has 1 aromatic rings. The molecule has 0 spiro atoms. The maximum absolute atomic E-state index is 10.7. The van der Waals surface area contributed by atoms with E-state index >= 15 is 0 Å². The van der Waals surface area contributed by atoms with Crippen molar-refractivity contribution in [3.8, 4) is 17.6 Å². The number of nitro benzene ring substituents is 1. The molecular formula is C12H12N2O4. The summed E-state index contributed by atoms with van der Waals surface area (Å²) in [6.45, 7) is 0.702. The molecule has 1 rings (SSSR count). The zero-order valence-corrected chi connectivity index (χ0v) is 9.77. The lowest BCUT2D eigenvalue weighted by Gasteiger charge is -2.00. The fourth-order valence-electron chi connectivity index (χ4n) is 1.29. The third-order valence-corrected chi connectivity index (χ3v) is 2.18. The molecule has 1 aromatic carbocycles. The highest BCUT2D eigenvalue weighted by molar-refractivity contribution is 5.83. The van der Waals surface area contributed by atoms with Gasteiger partial charge in [-0.15, -0.1) is 0 Å². The van der Waals surface area contributed by atoms with E-state index in [1.807, 2.05) is 0 Å². The van der Waals surface area contributed by atoms with Crippen LogP contribution in [-0.4, -0.2) is 29.9 Å². The molecule has 18 heavy (non-hydrogen) atoms. The lowest BCUT2D eigenvalue weighted by Crippen LogP contribution is -2.05. The van der Waals surface area contributed by atoms with Gasteiger partial charge in [-0.1, -0.05) is 11.8 Å². The minimum Gasteiger partial charge on any atom is -0.502 e. The van der Waals surface area contributed by atoms with Gasteiger partial charge < -0.3 is 10.4 Å². The van der Waals surface area contributed by atoms with Crippen molar-refractivity contribution < 1.29 is 14.8 Å². The summed E-state index contributed by atoms with van der Waals surface area (Å²) >= 11 is 0. The van der Waals surface area contributed by atoms with Gasteiger partial charge in [-0.3, -0.25) is 14.9 Å². The van der Waals surface area contributed by atoms with Crippen molar-refractivity contribution >= 4 is 12.0 Å². The van der Waals surface area contributed by atoms with E-state index in [1.165, 1.54) is 6.07 Å². The van der Waals surface area contributed by atoms with Gasteiger partial charge in [-0.2, -0.15) is 0 Å². The molecular weight excluding hydrogens is 236 g/mol. The Hall–Kier alpha value is -2.39. The number of phenols is 1. The fraction of sp³-hybridized carbons (Fsp3) is 0.250. The van der Waals surface area contributed by atoms with E-state index in [1.54, 1.807) is 7.05 Å². The summed E-state index contributed by atoms with van der Waals surface area (Å²) in [4.78, 5) is 20.6. The van der Waals surface area contributed by atoms with Crippen molar-refractivity contribution in [3.05, 3.63) is 33.4 Å². The van der Waals surface area contributed by atoms with Crippen molar-refractivity contribution in [2.75, 3.05) is 13.6 Å². The molecule has 0 saturated heterocycles. The average Bonchev–Trinajstić information content (AvgIpc) is 2.35. The van der Waals surface area contributed by atoms with Gasteiger partial charge in [-0.25, -0.2) is 0 Å². The van der Waals surface area contributed by atoms with E-state index in [0.29, 0.717) is 24.8 Å². The Bertz CT molecular complexity index is 529. The molecule has 0 aliphatic rings. The number of nitrogens with one attached hydrogen (secondary N) is 1. The van der Waals surface area contributed by atoms with Crippen molar-refractivity contribution in [2.45, 2.75) is 6.42 Å². The van der Waals surface area contributed by atoms with Crippen LogP contribution in [-0.2, 0) is 0 Å². The quantitative estimate of drug-likeness (QED) is 0.273. The number of nitro groups is 1. The van der Waals surface area contributed by atoms with E-state index in [9.17, 15) is 20.0 Å². The molecule has 0 fully saturated rings. The van der Waals surface area contributed by atoms with E-state index in [0.717, 1.165) is 6.07 Å². The molecule has 0 aliphatic carbocycles. The third kappa shape index (κ3) is 3.30. The van der Waals surface area contributed by atoms with E-state index in [2.05, 4.69) is 17.2 Å². The lowest BCUT2D eigenvalue weighted by molar-refractivity contribution is -0.385. The highest BCUT2D eigenvalue weighted by atomic mass is 16.6. The van der Waals surface area contributed by atoms with Crippen LogP contribution in [0.5, 0.6) is 5.75 Å². The van der Waals surface area contributed by atoms with Gasteiger partial charge in [0.2, 0.25) is 5.75 Å². The number of rotatable bonds is 4. The number of phenolic OH excluding ortho intramolecular Hbond substituents is 1. The minimum absolute atomic E-state index is 0.137. The largest absolute Gasteiger partial charge is 0.502 e. The van der Waals surface area contributed by atoms with Crippen LogP contribution in [0, 0.1) is 22.0 Å². The van der Waals surface area contributed by atoms with Crippen LogP contribution in [0.15, 0.2) is 12.1 Å². The number of aromatic hydroxyl groups is 1. The summed E-state index contributed by atoms with van der Waals surface area (Å²) in [5.41, 5.74) is -0.322. The summed E-state index contributed by atoms with van der Waals surface area (Å²) in [6.07, 6.45) is 0.947. The van der Waals surface area contributed by atoms with Gasteiger partial charge in [0, 0.05) is 24.6 Å². The highest BCUT2D eigenvalue weighted by Crippen LogP contribution is 2.29. The SMILES string of the molecule is CNCCC#Cc1cc(C=O)c(O)c([N+](=O)[O-])c1. The van der Waals surface area contributed by atoms with Crippen LogP contribution >= 0.6 is 0 Å². The zero-order chi connectivity index (χ0) is 13.5. The summed E-state index contributed by atoms with van der Waals surface area (Å²) < 4.78 is 0. The molecule has 6 nitrogen and oxygen atoms in total. The topological polar surface area (TPSA) is 92.5 Å². The van der Waals surface area contributed by atoms with E-state index < -0.39 is 16.4 Å². The van der Waals surface area contributed by atoms with Crippen molar-refractivity contribution in [3.63, 3.8) is 0 Å². The smallest absolute Gasteiger partial charge is 0.312 e. The highest BCUT2D eigenvalue weighted by Gasteiger charge is 2.18. The second-order valence-corrected chi connectivity index (χ2v) is 3.46. The Morgan fingerprint density at radius 1 is 1.56 bits per heavy atom. The molecule has 0 aliphatic heterocycles. The number of hydrogen-bond acceptors (Lipinski definition) is 5. The standard InChI is InChI=1S/C12H12N2O4/c1-13-5-3-2-4-9-6-10(8-15)12(16)11(7-9)14(17)18/h6-8,13,16H,3,5H2,1H3. The van der Waals surface area contributed by atoms with Crippen LogP contribution in [0.2, 0.25) is 0 Å². The molecule has 0 saturated carbocycles. The number of benzene rings is 1. The van der Waals surface area contributed by atoms with E-state index in [4.69, 9.17) is 0 Å². The number of aldehydes is 1. The van der Waals surface area contributed by atoms with Crippen molar-refractivity contribution in [1.29, 1.82) is 0 Å². The molecule has 0 radical (unpaired) electrons. The molecule has 0 aromatic heterocycles. The summed E-state index contributed by atoms with van der Waals surface area (Å²) in [5.74, 6) is 4.89. The predicted octanol–water partition coefficient (Wildman–Crippen LogP) is 1.07. The fourth-order valence-corrected chi connectivity index (χ4v) is 1.29. The van der Waals surface area contributed by atoms with E-state index in [-0.39, 0.29) is 5.56 Å². The van der Waals surface area contributed by atoms with Gasteiger partial charge >= 0.3 is 5.69 Å². The maximum atomic E-state index is 10.7. The molecule has 0 heterocycles. The summed E-state index contributed by atoms with van der Waals surface area (Å²) in [5, 5.41) is 23.1. The van der Waals surface area contributed by atoms with Crippen molar-refractivity contribution in [1.82, 2.24) is 5.32 Å². The maximum Gasteiger partial charge on any atom is 0.312 e. The van der Waals surface area contributed by atoms with Gasteiger partial charge in [-0.05, 0) is 13.1 Å². The first-order valence-electron chi connectivity index (χ1n) is 5.20. The van der Waals surface area contributed by atoms with Crippen LogP contribution in [0.4, 0.5) is 5.69 Å². The molecule has 0 bridgehead atoms. The van der Waals surface area contributed by atoms with Crippen LogP contribution in [0.3, 0.4) is 0 Å². The normalized spacial score (nSPS) is 9.39. The third-order valence-electron chi connectivity index (χ3n) is 2.18. The lowest BCUT2D eigenvalue weighted by atomic mass is 10.1. The Balaban J connectivity index is 3.12. The molecule has 0 unspecified atom stereocenters. The van der Waals surface area contributed by atoms with Crippen LogP contribution in [0.25, 0.3) is 0 Å². The Labute approximate surface area is 104 Å². The Morgan fingerprint density at radius 3 is 2.83 bits per heavy atom. The minimum atomic E-state index is -0.749. The zero-order valence-electron chi connectivity index (χ0n) is 9.77. The first-order valence-corrected chi connectivity index (χ1v) is 5.20. The predicted molar refractivity (Wildman–Crippen MR) is 65.6 cm³/mol. The second-order valence-electron chi connectivity index (χ2n) is 3.46. The van der Waals surface area contributed by atoms with Gasteiger partial charge in [0.1, 0.15) is 0 Å². The Kier molecular flexibility index (Phi) is 4.84. The number of nitrogens with zero attached hydrogens (tertiary/aromatic N) is 1. The summed E-state index contributed by atoms with van der Waals surface area (Å²) in [6, 6.07) is 2.47. The van der Waals surface area contributed by atoms with Crippen LogP contribution in [0.1, 0.15) is 22.3 Å². The number of carbonyl (C=O) groups is 1. The first-order chi connectivity index (χ1) is 8.60. The Morgan fingerprint density at radius 2 is 2.28 bits per heavy atom. The van der Waals surface area contributed by atoms with Crippen LogP contribution < -0.4 is 5.32 Å². The van der Waals surface area contributed by atoms with Gasteiger partial charge in [0.05, 0.1) is 10.5 Å². The monoisotopic (exact) mass is 248 g/mol. The summed E-state index contributed by atoms with van der Waals surface area (Å²) in [7, 11) is 1.79. The molecule has 0 atom stereocenters. The molecule has 94 valence electrons. The van der Waals surface area contributed by atoms with Gasteiger partial charge in [0.15, 0.2) is 6.29 Å². The first kappa shape index (κ1) is 13.7. The van der Waals surface area contributed by atoms with Gasteiger partial charge in [0.25, 0.3) is 0 Å². The number of hydrogen-bond donors (Lipinski definition) is 2. The number of carbonyl (C=O) groups excluding carboxylic acids is 1.